The summed E-state index contributed by atoms with van der Waals surface area (Å²) in [5.74, 6) is -0.404. The van der Waals surface area contributed by atoms with Gasteiger partial charge in [0.05, 0.1) is 7.11 Å². The molecule has 0 radical (unpaired) electrons. The third-order valence-corrected chi connectivity index (χ3v) is 6.36. The van der Waals surface area contributed by atoms with Gasteiger partial charge in [-0.2, -0.15) is 0 Å². The maximum absolute atomic E-state index is 13.2. The molecule has 0 saturated carbocycles. The number of carbonyl (C=O) groups excluding carboxylic acids is 3. The van der Waals surface area contributed by atoms with Gasteiger partial charge in [0.1, 0.15) is 5.75 Å². The maximum atomic E-state index is 13.2. The Balaban J connectivity index is 1.48. The average molecular weight is 510 g/mol. The van der Waals surface area contributed by atoms with Crippen LogP contribution in [0.2, 0.25) is 0 Å². The fourth-order valence-corrected chi connectivity index (χ4v) is 4.28. The molecule has 0 spiro atoms. The third kappa shape index (κ3) is 6.59. The second-order valence-corrected chi connectivity index (χ2v) is 9.07. The van der Waals surface area contributed by atoms with Gasteiger partial charge in [0.15, 0.2) is 11.5 Å². The second kappa shape index (κ2) is 12.0. The van der Waals surface area contributed by atoms with Crippen molar-refractivity contribution < 1.29 is 24.0 Å². The molecule has 0 saturated heterocycles. The molecule has 0 fully saturated rings. The van der Waals surface area contributed by atoms with Gasteiger partial charge in [-0.25, -0.2) is 4.79 Å². The zero-order chi connectivity index (χ0) is 26.2. The first-order chi connectivity index (χ1) is 17.9. The van der Waals surface area contributed by atoms with Crippen molar-refractivity contribution in [3.63, 3.8) is 0 Å². The number of ether oxygens (including phenoxy) is 1. The van der Waals surface area contributed by atoms with Gasteiger partial charge in [-0.05, 0) is 72.8 Å². The molecule has 4 rings (SSSR count). The van der Waals surface area contributed by atoms with Crippen LogP contribution in [0.1, 0.15) is 38.8 Å². The van der Waals surface area contributed by atoms with Gasteiger partial charge in [0, 0.05) is 39.0 Å². The van der Waals surface area contributed by atoms with E-state index in [0.29, 0.717) is 28.0 Å². The number of methoxy groups -OCH3 is 1. The Morgan fingerprint density at radius 1 is 0.649 bits per heavy atom. The van der Waals surface area contributed by atoms with Gasteiger partial charge < -0.3 is 9.57 Å². The first-order valence-electron chi connectivity index (χ1n) is 11.4. The predicted molar refractivity (Wildman–Crippen MR) is 143 cm³/mol. The molecule has 0 amide bonds. The molecule has 6 nitrogen and oxygen atoms in total. The Kier molecular flexibility index (Phi) is 8.28. The van der Waals surface area contributed by atoms with Crippen LogP contribution in [0.4, 0.5) is 0 Å². The van der Waals surface area contributed by atoms with E-state index in [2.05, 4.69) is 5.16 Å². The first-order valence-corrected chi connectivity index (χ1v) is 12.2. The minimum Gasteiger partial charge on any atom is -0.497 e. The van der Waals surface area contributed by atoms with Crippen LogP contribution >= 0.6 is 11.8 Å². The highest BCUT2D eigenvalue weighted by molar-refractivity contribution is 7.99. The standard InChI is InChI=1S/C30H23NO5S/c1-20(32)36-31-28(21-8-14-25(35-2)15-9-21)30(34)24-12-18-27(19-13-24)37-26-16-10-23(11-17-26)29(33)22-6-4-3-5-7-22/h3-19H,1-2H3/b31-28+. The van der Waals surface area contributed by atoms with Crippen molar-refractivity contribution >= 4 is 35.0 Å². The van der Waals surface area contributed by atoms with Crippen molar-refractivity contribution in [2.75, 3.05) is 7.11 Å². The summed E-state index contributed by atoms with van der Waals surface area (Å²) in [5.41, 5.74) is 2.17. The summed E-state index contributed by atoms with van der Waals surface area (Å²) in [7, 11) is 1.55. The lowest BCUT2D eigenvalue weighted by atomic mass is 10.0. The normalized spacial score (nSPS) is 11.0. The van der Waals surface area contributed by atoms with Crippen molar-refractivity contribution in [1.82, 2.24) is 0 Å². The molecular weight excluding hydrogens is 486 g/mol. The molecule has 0 aromatic heterocycles. The maximum Gasteiger partial charge on any atom is 0.332 e. The number of Topliss-reactive ketones (excluding diaryl/α,β-unsaturated/α-hetero) is 1. The van der Waals surface area contributed by atoms with Crippen LogP contribution < -0.4 is 4.74 Å². The average Bonchev–Trinajstić information content (AvgIpc) is 2.94. The SMILES string of the molecule is COc1ccc(/C(=N\OC(C)=O)C(=O)c2ccc(Sc3ccc(C(=O)c4ccccc4)cc3)cc2)cc1. The number of hydrogen-bond donors (Lipinski definition) is 0. The van der Waals surface area contributed by atoms with Gasteiger partial charge in [0.25, 0.3) is 0 Å². The number of ketones is 2. The van der Waals surface area contributed by atoms with Crippen LogP contribution in [0.3, 0.4) is 0 Å². The molecule has 4 aromatic rings. The highest BCUT2D eigenvalue weighted by Crippen LogP contribution is 2.28. The van der Waals surface area contributed by atoms with Gasteiger partial charge in [-0.1, -0.05) is 47.2 Å². The summed E-state index contributed by atoms with van der Waals surface area (Å²) in [6.07, 6.45) is 0. The molecule has 0 unspecified atom stereocenters. The number of oxime groups is 1. The molecule has 4 aromatic carbocycles. The van der Waals surface area contributed by atoms with Gasteiger partial charge in [-0.15, -0.1) is 0 Å². The molecule has 0 aliphatic rings. The smallest absolute Gasteiger partial charge is 0.332 e. The van der Waals surface area contributed by atoms with E-state index in [0.717, 1.165) is 9.79 Å². The van der Waals surface area contributed by atoms with Crippen LogP contribution in [0.5, 0.6) is 5.75 Å². The van der Waals surface area contributed by atoms with Crippen LogP contribution in [0.15, 0.2) is 118 Å². The van der Waals surface area contributed by atoms with Crippen LogP contribution in [0, 0.1) is 0 Å². The van der Waals surface area contributed by atoms with E-state index in [1.807, 2.05) is 54.6 Å². The molecule has 7 heteroatoms. The monoisotopic (exact) mass is 509 g/mol. The van der Waals surface area contributed by atoms with E-state index in [1.165, 1.54) is 18.7 Å². The number of rotatable bonds is 9. The minimum absolute atomic E-state index is 0.0110. The molecule has 0 N–H and O–H groups in total. The Morgan fingerprint density at radius 2 is 1.16 bits per heavy atom. The Labute approximate surface area is 218 Å². The van der Waals surface area contributed by atoms with Crippen LogP contribution in [-0.2, 0) is 9.63 Å². The van der Waals surface area contributed by atoms with E-state index in [-0.39, 0.29) is 17.3 Å². The number of benzene rings is 4. The Bertz CT molecular complexity index is 1430. The molecule has 184 valence electrons. The van der Waals surface area contributed by atoms with Crippen molar-refractivity contribution in [2.24, 2.45) is 5.16 Å². The molecule has 0 heterocycles. The van der Waals surface area contributed by atoms with Gasteiger partial charge >= 0.3 is 5.97 Å². The van der Waals surface area contributed by atoms with Crippen molar-refractivity contribution in [2.45, 2.75) is 16.7 Å². The molecule has 0 aliphatic carbocycles. The summed E-state index contributed by atoms with van der Waals surface area (Å²) >= 11 is 1.51. The summed E-state index contributed by atoms with van der Waals surface area (Å²) in [4.78, 5) is 43.8. The zero-order valence-corrected chi connectivity index (χ0v) is 21.0. The van der Waals surface area contributed by atoms with Crippen LogP contribution in [0.25, 0.3) is 0 Å². The highest BCUT2D eigenvalue weighted by atomic mass is 32.2. The van der Waals surface area contributed by atoms with E-state index >= 15 is 0 Å². The van der Waals surface area contributed by atoms with Gasteiger partial charge in [0.2, 0.25) is 5.78 Å². The lowest BCUT2D eigenvalue weighted by Crippen LogP contribution is -2.17. The summed E-state index contributed by atoms with van der Waals surface area (Å²) in [6, 6.07) is 30.4. The second-order valence-electron chi connectivity index (χ2n) is 7.93. The summed E-state index contributed by atoms with van der Waals surface area (Å²) < 4.78 is 5.16. The summed E-state index contributed by atoms with van der Waals surface area (Å²) in [5, 5.41) is 3.80. The van der Waals surface area contributed by atoms with Crippen LogP contribution in [-0.4, -0.2) is 30.4 Å². The first kappa shape index (κ1) is 25.6. The molecule has 0 aliphatic heterocycles. The molecule has 37 heavy (non-hydrogen) atoms. The molecule has 0 bridgehead atoms. The predicted octanol–water partition coefficient (Wildman–Crippen LogP) is 6.23. The van der Waals surface area contributed by atoms with E-state index < -0.39 is 5.97 Å². The van der Waals surface area contributed by atoms with E-state index in [1.54, 1.807) is 55.6 Å². The minimum atomic E-state index is -0.623. The Morgan fingerprint density at radius 3 is 1.70 bits per heavy atom. The lowest BCUT2D eigenvalue weighted by molar-refractivity contribution is -0.140. The highest BCUT2D eigenvalue weighted by Gasteiger charge is 2.18. The van der Waals surface area contributed by atoms with Crippen molar-refractivity contribution in [1.29, 1.82) is 0 Å². The fourth-order valence-electron chi connectivity index (χ4n) is 3.46. The fraction of sp³-hybridized carbons (Fsp3) is 0.0667. The van der Waals surface area contributed by atoms with E-state index in [4.69, 9.17) is 9.57 Å². The number of carbonyl (C=O) groups is 3. The Hall–Kier alpha value is -4.49. The van der Waals surface area contributed by atoms with Crippen molar-refractivity contribution in [3.05, 3.63) is 125 Å². The molecule has 0 atom stereocenters. The van der Waals surface area contributed by atoms with E-state index in [9.17, 15) is 14.4 Å². The number of hydrogen-bond acceptors (Lipinski definition) is 7. The summed E-state index contributed by atoms with van der Waals surface area (Å²) in [6.45, 7) is 1.22. The quantitative estimate of drug-likeness (QED) is 0.115. The third-order valence-electron chi connectivity index (χ3n) is 5.35. The number of nitrogens with zero attached hydrogens (tertiary/aromatic N) is 1. The zero-order valence-electron chi connectivity index (χ0n) is 20.2. The largest absolute Gasteiger partial charge is 0.497 e. The van der Waals surface area contributed by atoms with Crippen molar-refractivity contribution in [3.8, 4) is 5.75 Å². The topological polar surface area (TPSA) is 82.0 Å². The lowest BCUT2D eigenvalue weighted by Gasteiger charge is -2.08. The molecular formula is C30H23NO5S. The van der Waals surface area contributed by atoms with Gasteiger partial charge in [-0.3, -0.25) is 9.59 Å².